The van der Waals surface area contributed by atoms with Crippen LogP contribution in [0.3, 0.4) is 0 Å². The molecule has 1 heterocycles. The van der Waals surface area contributed by atoms with Crippen LogP contribution in [-0.2, 0) is 4.79 Å². The van der Waals surface area contributed by atoms with Crippen molar-refractivity contribution in [3.8, 4) is 0 Å². The molecule has 1 aromatic rings. The van der Waals surface area contributed by atoms with E-state index in [1.807, 2.05) is 6.07 Å². The molecule has 0 aromatic carbocycles. The van der Waals surface area contributed by atoms with Crippen molar-refractivity contribution in [2.24, 2.45) is 39.9 Å². The number of furan rings is 1. The second-order valence-electron chi connectivity index (χ2n) is 11.6. The van der Waals surface area contributed by atoms with Gasteiger partial charge in [-0.1, -0.05) is 27.7 Å². The molecule has 4 fully saturated rings. The molecule has 0 saturated heterocycles. The van der Waals surface area contributed by atoms with E-state index >= 15 is 0 Å². The van der Waals surface area contributed by atoms with E-state index in [0.29, 0.717) is 34.9 Å². The van der Waals surface area contributed by atoms with Gasteiger partial charge in [0, 0.05) is 12.0 Å². The number of hydrogen-bond donors (Lipinski definition) is 1. The number of carbonyl (C=O) groups is 1. The van der Waals surface area contributed by atoms with Crippen molar-refractivity contribution >= 4 is 5.78 Å². The predicted octanol–water partition coefficient (Wildman–Crippen LogP) is 5.58. The van der Waals surface area contributed by atoms with E-state index in [0.717, 1.165) is 31.2 Å². The Morgan fingerprint density at radius 1 is 1.00 bits per heavy atom. The fraction of sp³-hybridized carbons (Fsp3) is 0.800. The third kappa shape index (κ3) is 2.29. The number of hydrogen-bond acceptors (Lipinski definition) is 3. The van der Waals surface area contributed by atoms with Crippen LogP contribution in [0.15, 0.2) is 23.0 Å². The molecule has 0 spiro atoms. The Kier molecular flexibility index (Phi) is 4.03. The van der Waals surface area contributed by atoms with Gasteiger partial charge in [0.25, 0.3) is 0 Å². The van der Waals surface area contributed by atoms with Gasteiger partial charge in [0.15, 0.2) is 0 Å². The molecule has 0 radical (unpaired) electrons. The van der Waals surface area contributed by atoms with Gasteiger partial charge in [0.05, 0.1) is 24.5 Å². The van der Waals surface area contributed by atoms with E-state index in [2.05, 4.69) is 27.7 Å². The molecule has 0 unspecified atom stereocenters. The molecular formula is C25H36O3. The summed E-state index contributed by atoms with van der Waals surface area (Å²) in [6.07, 6.45) is 11.0. The summed E-state index contributed by atoms with van der Waals surface area (Å²) in [4.78, 5) is 13.2. The number of aliphatic hydroxyl groups is 1. The average Bonchev–Trinajstić information content (AvgIpc) is 3.23. The van der Waals surface area contributed by atoms with Crippen LogP contribution in [0.2, 0.25) is 0 Å². The molecule has 4 aliphatic carbocycles. The van der Waals surface area contributed by atoms with Crippen LogP contribution >= 0.6 is 0 Å². The molecule has 4 aliphatic rings. The second kappa shape index (κ2) is 5.97. The van der Waals surface area contributed by atoms with Gasteiger partial charge in [-0.25, -0.2) is 0 Å². The number of Topliss-reactive ketones (excluding diaryl/α,β-unsaturated/α-hetero) is 1. The zero-order chi connectivity index (χ0) is 19.9. The van der Waals surface area contributed by atoms with Gasteiger partial charge in [-0.15, -0.1) is 0 Å². The minimum absolute atomic E-state index is 0.00352. The topological polar surface area (TPSA) is 50.4 Å². The van der Waals surface area contributed by atoms with Crippen molar-refractivity contribution in [1.29, 1.82) is 0 Å². The van der Waals surface area contributed by atoms with Crippen LogP contribution in [0.4, 0.5) is 0 Å². The molecule has 3 heteroatoms. The highest BCUT2D eigenvalue weighted by Gasteiger charge is 2.64. The van der Waals surface area contributed by atoms with E-state index in [4.69, 9.17) is 4.42 Å². The fourth-order valence-corrected chi connectivity index (χ4v) is 8.89. The summed E-state index contributed by atoms with van der Waals surface area (Å²) in [6.45, 7) is 9.50. The summed E-state index contributed by atoms with van der Waals surface area (Å²) in [5.41, 5.74) is 1.48. The molecule has 4 saturated carbocycles. The third-order valence-electron chi connectivity index (χ3n) is 10.3. The van der Waals surface area contributed by atoms with Gasteiger partial charge in [0.1, 0.15) is 5.78 Å². The first-order valence-corrected chi connectivity index (χ1v) is 11.4. The Bertz CT molecular complexity index is 765. The molecule has 3 nitrogen and oxygen atoms in total. The van der Waals surface area contributed by atoms with Crippen LogP contribution < -0.4 is 0 Å². The van der Waals surface area contributed by atoms with E-state index in [1.165, 1.54) is 19.3 Å². The Balaban J connectivity index is 1.49. The molecule has 5 rings (SSSR count). The Morgan fingerprint density at radius 3 is 2.46 bits per heavy atom. The van der Waals surface area contributed by atoms with Crippen molar-refractivity contribution in [2.75, 3.05) is 0 Å². The predicted molar refractivity (Wildman–Crippen MR) is 109 cm³/mol. The number of fused-ring (bicyclic) bond motifs is 5. The van der Waals surface area contributed by atoms with Gasteiger partial charge in [0.2, 0.25) is 0 Å². The maximum atomic E-state index is 13.2. The van der Waals surface area contributed by atoms with Gasteiger partial charge < -0.3 is 9.52 Å². The molecule has 8 atom stereocenters. The molecular weight excluding hydrogens is 348 g/mol. The van der Waals surface area contributed by atoms with Gasteiger partial charge in [-0.3, -0.25) is 4.79 Å². The largest absolute Gasteiger partial charge is 0.472 e. The zero-order valence-corrected chi connectivity index (χ0v) is 17.9. The summed E-state index contributed by atoms with van der Waals surface area (Å²) in [5, 5.41) is 10.7. The summed E-state index contributed by atoms with van der Waals surface area (Å²) in [5.74, 6) is 2.91. The molecule has 1 N–H and O–H groups in total. The summed E-state index contributed by atoms with van der Waals surface area (Å²) in [6, 6.07) is 2.01. The van der Waals surface area contributed by atoms with Crippen molar-refractivity contribution in [2.45, 2.75) is 84.7 Å². The van der Waals surface area contributed by atoms with Crippen LogP contribution in [0.1, 0.15) is 84.1 Å². The van der Waals surface area contributed by atoms with E-state index in [9.17, 15) is 9.90 Å². The Morgan fingerprint density at radius 2 is 1.75 bits per heavy atom. The first kappa shape index (κ1) is 18.9. The van der Waals surface area contributed by atoms with Crippen molar-refractivity contribution in [3.05, 3.63) is 24.2 Å². The number of aliphatic hydroxyl groups excluding tert-OH is 1. The number of rotatable bonds is 1. The highest BCUT2D eigenvalue weighted by atomic mass is 16.3. The van der Waals surface area contributed by atoms with Crippen molar-refractivity contribution in [1.82, 2.24) is 0 Å². The maximum absolute atomic E-state index is 13.2. The van der Waals surface area contributed by atoms with Gasteiger partial charge >= 0.3 is 0 Å². The van der Waals surface area contributed by atoms with Gasteiger partial charge in [-0.2, -0.15) is 0 Å². The van der Waals surface area contributed by atoms with E-state index < -0.39 is 0 Å². The van der Waals surface area contributed by atoms with Crippen molar-refractivity contribution < 1.29 is 14.3 Å². The molecule has 1 aromatic heterocycles. The summed E-state index contributed by atoms with van der Waals surface area (Å²) in [7, 11) is 0. The lowest BCUT2D eigenvalue weighted by Crippen LogP contribution is -2.59. The van der Waals surface area contributed by atoms with E-state index in [1.54, 1.807) is 12.5 Å². The Hall–Kier alpha value is -1.09. The molecule has 0 amide bonds. The molecule has 28 heavy (non-hydrogen) atoms. The second-order valence-corrected chi connectivity index (χ2v) is 11.6. The molecule has 154 valence electrons. The zero-order valence-electron chi connectivity index (χ0n) is 17.9. The number of ketones is 1. The highest BCUT2D eigenvalue weighted by molar-refractivity contribution is 5.89. The standard InChI is InChI=1S/C25H36O3/c1-23(2)20-6-5-16-17(24(20,3)11-8-21(23)27)7-10-25(4)18(16)13-19(26)22(25)15-9-12-28-14-15/h9,12,14,16-18,20-22,27H,5-8,10-11,13H2,1-4H3/t16-,17+,18+,20+,21+,22-,24-,25-/m1/s1. The normalized spacial score (nSPS) is 50.0. The minimum Gasteiger partial charge on any atom is -0.472 e. The molecule has 0 bridgehead atoms. The summed E-state index contributed by atoms with van der Waals surface area (Å²) >= 11 is 0. The SMILES string of the molecule is CC1(C)[C@@H](O)CC[C@]2(C)[C@H]3CC[C@@]4(C)[C@H](c5ccoc5)C(=O)C[C@H]4[C@@H]3CC[C@@H]12. The first-order chi connectivity index (χ1) is 13.2. The lowest BCUT2D eigenvalue weighted by Gasteiger charge is -2.64. The van der Waals surface area contributed by atoms with Crippen LogP contribution in [0, 0.1) is 39.9 Å². The fourth-order valence-electron chi connectivity index (χ4n) is 8.89. The quantitative estimate of drug-likeness (QED) is 0.687. The monoisotopic (exact) mass is 384 g/mol. The van der Waals surface area contributed by atoms with Crippen LogP contribution in [0.25, 0.3) is 0 Å². The third-order valence-corrected chi connectivity index (χ3v) is 10.3. The maximum Gasteiger partial charge on any atom is 0.141 e. The molecule has 0 aliphatic heterocycles. The lowest BCUT2D eigenvalue weighted by atomic mass is 9.41. The smallest absolute Gasteiger partial charge is 0.141 e. The lowest BCUT2D eigenvalue weighted by molar-refractivity contribution is -0.176. The van der Waals surface area contributed by atoms with Crippen molar-refractivity contribution in [3.63, 3.8) is 0 Å². The van der Waals surface area contributed by atoms with Gasteiger partial charge in [-0.05, 0) is 84.5 Å². The van der Waals surface area contributed by atoms with Crippen LogP contribution in [0.5, 0.6) is 0 Å². The minimum atomic E-state index is -0.172. The van der Waals surface area contributed by atoms with Crippen LogP contribution in [-0.4, -0.2) is 17.0 Å². The first-order valence-electron chi connectivity index (χ1n) is 11.4. The highest BCUT2D eigenvalue weighted by Crippen LogP contribution is 2.70. The van der Waals surface area contributed by atoms with E-state index in [-0.39, 0.29) is 22.9 Å². The average molecular weight is 385 g/mol. The summed E-state index contributed by atoms with van der Waals surface area (Å²) < 4.78 is 5.35. The number of carbonyl (C=O) groups excluding carboxylic acids is 1. The Labute approximate surface area is 169 Å².